The van der Waals surface area contributed by atoms with Crippen LogP contribution in [0.15, 0.2) is 91.1 Å². The number of carbonyl (C=O) groups is 2. The zero-order chi connectivity index (χ0) is 22.5. The van der Waals surface area contributed by atoms with Crippen molar-refractivity contribution in [2.75, 3.05) is 5.32 Å². The number of hydrogen-bond acceptors (Lipinski definition) is 3. The van der Waals surface area contributed by atoms with E-state index in [0.717, 1.165) is 22.5 Å². The first-order valence-corrected chi connectivity index (χ1v) is 10.3. The largest absolute Gasteiger partial charge is 0.323 e. The van der Waals surface area contributed by atoms with Crippen LogP contribution in [-0.2, 0) is 4.79 Å². The number of benzene rings is 3. The summed E-state index contributed by atoms with van der Waals surface area (Å²) >= 11 is 0. The van der Waals surface area contributed by atoms with Crippen LogP contribution < -0.4 is 5.32 Å². The van der Waals surface area contributed by atoms with Crippen molar-refractivity contribution >= 4 is 23.5 Å². The van der Waals surface area contributed by atoms with Gasteiger partial charge in [-0.3, -0.25) is 9.59 Å². The number of ketones is 1. The van der Waals surface area contributed by atoms with Crippen molar-refractivity contribution in [1.29, 1.82) is 0 Å². The molecule has 0 aliphatic carbocycles. The van der Waals surface area contributed by atoms with Gasteiger partial charge in [-0.15, -0.1) is 0 Å². The minimum Gasteiger partial charge on any atom is -0.323 e. The summed E-state index contributed by atoms with van der Waals surface area (Å²) in [6.45, 7) is 3.55. The lowest BCUT2D eigenvalue weighted by atomic mass is 10.1. The maximum atomic E-state index is 12.5. The topological polar surface area (TPSA) is 64.0 Å². The standard InChI is InChI=1S/C27H23N3O2/c1-19-8-10-22(11-9-19)27-23(18-30(29-27)25-6-4-3-5-7-25)14-17-26(32)28-24-15-12-21(13-16-24)20(2)31/h3-18H,1-2H3,(H,28,32)/b17-14+. The summed E-state index contributed by atoms with van der Waals surface area (Å²) in [6.07, 6.45) is 5.17. The van der Waals surface area contributed by atoms with E-state index in [1.807, 2.05) is 72.4 Å². The van der Waals surface area contributed by atoms with Crippen molar-refractivity contribution < 1.29 is 9.59 Å². The quantitative estimate of drug-likeness (QED) is 0.321. The van der Waals surface area contributed by atoms with Crippen LogP contribution in [0.5, 0.6) is 0 Å². The molecule has 5 heteroatoms. The summed E-state index contributed by atoms with van der Waals surface area (Å²) in [5.74, 6) is -0.273. The van der Waals surface area contributed by atoms with Gasteiger partial charge in [-0.25, -0.2) is 4.68 Å². The molecule has 4 rings (SSSR count). The van der Waals surface area contributed by atoms with Crippen LogP contribution in [0.4, 0.5) is 5.69 Å². The first-order valence-electron chi connectivity index (χ1n) is 10.3. The van der Waals surface area contributed by atoms with E-state index in [4.69, 9.17) is 5.10 Å². The number of amides is 1. The molecular formula is C27H23N3O2. The predicted molar refractivity (Wildman–Crippen MR) is 128 cm³/mol. The molecule has 1 N–H and O–H groups in total. The molecule has 0 bridgehead atoms. The third-order valence-corrected chi connectivity index (χ3v) is 5.06. The van der Waals surface area contributed by atoms with E-state index in [0.29, 0.717) is 11.3 Å². The van der Waals surface area contributed by atoms with Crippen LogP contribution in [0.3, 0.4) is 0 Å². The monoisotopic (exact) mass is 421 g/mol. The highest BCUT2D eigenvalue weighted by Gasteiger charge is 2.11. The molecule has 5 nitrogen and oxygen atoms in total. The molecule has 158 valence electrons. The molecule has 0 atom stereocenters. The number of anilines is 1. The fraction of sp³-hybridized carbons (Fsp3) is 0.0741. The normalized spacial score (nSPS) is 10.9. The van der Waals surface area contributed by atoms with Gasteiger partial charge < -0.3 is 5.32 Å². The number of nitrogens with one attached hydrogen (secondary N) is 1. The van der Waals surface area contributed by atoms with Crippen LogP contribution in [-0.4, -0.2) is 21.5 Å². The van der Waals surface area contributed by atoms with Gasteiger partial charge in [0.05, 0.1) is 11.4 Å². The smallest absolute Gasteiger partial charge is 0.248 e. The van der Waals surface area contributed by atoms with Gasteiger partial charge in [0.15, 0.2) is 5.78 Å². The Morgan fingerprint density at radius 2 is 1.59 bits per heavy atom. The van der Waals surface area contributed by atoms with Crippen molar-refractivity contribution in [1.82, 2.24) is 9.78 Å². The van der Waals surface area contributed by atoms with Crippen molar-refractivity contribution in [3.8, 4) is 16.9 Å². The number of aromatic nitrogens is 2. The van der Waals surface area contributed by atoms with E-state index in [1.165, 1.54) is 18.6 Å². The highest BCUT2D eigenvalue weighted by atomic mass is 16.1. The Balaban J connectivity index is 1.60. The summed E-state index contributed by atoms with van der Waals surface area (Å²) in [6, 6.07) is 24.8. The summed E-state index contributed by atoms with van der Waals surface area (Å²) in [4.78, 5) is 23.9. The minimum absolute atomic E-state index is 0.0122. The summed E-state index contributed by atoms with van der Waals surface area (Å²) < 4.78 is 1.81. The number of aryl methyl sites for hydroxylation is 1. The maximum absolute atomic E-state index is 12.5. The molecule has 0 aliphatic rings. The second-order valence-electron chi connectivity index (χ2n) is 7.54. The second kappa shape index (κ2) is 9.27. The van der Waals surface area contributed by atoms with Gasteiger partial charge >= 0.3 is 0 Å². The number of carbonyl (C=O) groups excluding carboxylic acids is 2. The van der Waals surface area contributed by atoms with E-state index >= 15 is 0 Å². The molecule has 32 heavy (non-hydrogen) atoms. The molecule has 0 saturated heterocycles. The minimum atomic E-state index is -0.261. The Labute approximate surface area is 187 Å². The Morgan fingerprint density at radius 1 is 0.906 bits per heavy atom. The Kier molecular flexibility index (Phi) is 6.08. The molecule has 1 heterocycles. The zero-order valence-electron chi connectivity index (χ0n) is 17.9. The average Bonchev–Trinajstić information content (AvgIpc) is 3.23. The number of nitrogens with zero attached hydrogens (tertiary/aromatic N) is 2. The lowest BCUT2D eigenvalue weighted by Gasteiger charge is -2.03. The highest BCUT2D eigenvalue weighted by molar-refractivity contribution is 6.02. The van der Waals surface area contributed by atoms with Gasteiger partial charge in [-0.1, -0.05) is 48.0 Å². The first-order chi connectivity index (χ1) is 15.5. The Bertz CT molecular complexity index is 1270. The number of para-hydroxylation sites is 1. The summed E-state index contributed by atoms with van der Waals surface area (Å²) in [5.41, 5.74) is 5.95. The number of hydrogen-bond donors (Lipinski definition) is 1. The van der Waals surface area contributed by atoms with Crippen molar-refractivity contribution in [3.05, 3.63) is 108 Å². The van der Waals surface area contributed by atoms with E-state index < -0.39 is 0 Å². The fourth-order valence-electron chi connectivity index (χ4n) is 3.30. The van der Waals surface area contributed by atoms with Gasteiger partial charge in [0.2, 0.25) is 5.91 Å². The third kappa shape index (κ3) is 4.90. The second-order valence-corrected chi connectivity index (χ2v) is 7.54. The molecule has 0 unspecified atom stereocenters. The van der Waals surface area contributed by atoms with Gasteiger partial charge in [0.1, 0.15) is 0 Å². The van der Waals surface area contributed by atoms with Crippen molar-refractivity contribution in [3.63, 3.8) is 0 Å². The van der Waals surface area contributed by atoms with Gasteiger partial charge in [-0.2, -0.15) is 5.10 Å². The van der Waals surface area contributed by atoms with Crippen LogP contribution in [0.2, 0.25) is 0 Å². The van der Waals surface area contributed by atoms with E-state index in [9.17, 15) is 9.59 Å². The molecule has 0 radical (unpaired) electrons. The third-order valence-electron chi connectivity index (χ3n) is 5.06. The van der Waals surface area contributed by atoms with Crippen molar-refractivity contribution in [2.45, 2.75) is 13.8 Å². The Hall–Kier alpha value is -4.25. The van der Waals surface area contributed by atoms with Crippen LogP contribution >= 0.6 is 0 Å². The molecule has 0 saturated carbocycles. The zero-order valence-corrected chi connectivity index (χ0v) is 17.9. The summed E-state index contributed by atoms with van der Waals surface area (Å²) in [5, 5.41) is 7.59. The predicted octanol–water partition coefficient (Wildman–Crippen LogP) is 5.70. The summed E-state index contributed by atoms with van der Waals surface area (Å²) in [7, 11) is 0. The molecule has 0 spiro atoms. The van der Waals surface area contributed by atoms with Crippen LogP contribution in [0.25, 0.3) is 23.0 Å². The molecule has 1 amide bonds. The molecule has 4 aromatic rings. The molecule has 0 aliphatic heterocycles. The molecule has 3 aromatic carbocycles. The first kappa shape index (κ1) is 21.0. The Morgan fingerprint density at radius 3 is 2.25 bits per heavy atom. The SMILES string of the molecule is CC(=O)c1ccc(NC(=O)/C=C/c2cn(-c3ccccc3)nc2-c2ccc(C)cc2)cc1. The van der Waals surface area contributed by atoms with Crippen LogP contribution in [0.1, 0.15) is 28.4 Å². The van der Waals surface area contributed by atoms with Crippen LogP contribution in [0, 0.1) is 6.92 Å². The number of Topliss-reactive ketones (excluding diaryl/α,β-unsaturated/α-hetero) is 1. The van der Waals surface area contributed by atoms with Gasteiger partial charge in [-0.05, 0) is 56.3 Å². The molecular weight excluding hydrogens is 398 g/mol. The average molecular weight is 422 g/mol. The molecule has 1 aromatic heterocycles. The van der Waals surface area contributed by atoms with Gasteiger partial charge in [0.25, 0.3) is 0 Å². The fourth-order valence-corrected chi connectivity index (χ4v) is 3.30. The van der Waals surface area contributed by atoms with E-state index in [1.54, 1.807) is 30.3 Å². The lowest BCUT2D eigenvalue weighted by Crippen LogP contribution is -2.07. The lowest BCUT2D eigenvalue weighted by molar-refractivity contribution is -0.111. The van der Waals surface area contributed by atoms with E-state index in [-0.39, 0.29) is 11.7 Å². The highest BCUT2D eigenvalue weighted by Crippen LogP contribution is 2.25. The molecule has 0 fully saturated rings. The van der Waals surface area contributed by atoms with Gasteiger partial charge in [0, 0.05) is 34.7 Å². The maximum Gasteiger partial charge on any atom is 0.248 e. The number of rotatable bonds is 6. The van der Waals surface area contributed by atoms with Crippen molar-refractivity contribution in [2.24, 2.45) is 0 Å². The van der Waals surface area contributed by atoms with E-state index in [2.05, 4.69) is 5.32 Å².